The van der Waals surface area contributed by atoms with Gasteiger partial charge in [-0.1, -0.05) is 6.92 Å². The highest BCUT2D eigenvalue weighted by molar-refractivity contribution is 9.11. The van der Waals surface area contributed by atoms with Crippen LogP contribution in [-0.4, -0.2) is 0 Å². The molecule has 0 bridgehead atoms. The molecular weight excluding hydrogens is 302 g/mol. The van der Waals surface area contributed by atoms with Gasteiger partial charge in [0.1, 0.15) is 0 Å². The molecule has 4 heteroatoms. The SMILES string of the molecule is CCc1ccsc1C(N)c1cc(Br)sc1C. The van der Waals surface area contributed by atoms with Crippen LogP contribution in [0.15, 0.2) is 21.3 Å². The van der Waals surface area contributed by atoms with Crippen molar-refractivity contribution in [3.8, 4) is 0 Å². The molecule has 0 radical (unpaired) electrons. The number of halogens is 1. The molecule has 0 aromatic carbocycles. The molecule has 0 saturated heterocycles. The minimum Gasteiger partial charge on any atom is -0.320 e. The van der Waals surface area contributed by atoms with Crippen LogP contribution in [0.5, 0.6) is 0 Å². The lowest BCUT2D eigenvalue weighted by atomic mass is 10.0. The number of rotatable bonds is 3. The Bertz CT molecular complexity index is 487. The average Bonchev–Trinajstić information content (AvgIpc) is 2.83. The van der Waals surface area contributed by atoms with Crippen LogP contribution < -0.4 is 5.73 Å². The molecular formula is C12H14BrNS2. The Morgan fingerprint density at radius 1 is 1.50 bits per heavy atom. The quantitative estimate of drug-likeness (QED) is 0.887. The minimum atomic E-state index is 0.0255. The first-order valence-corrected chi connectivity index (χ1v) is 7.70. The number of nitrogens with two attached hydrogens (primary N) is 1. The second-order valence-corrected chi connectivity index (χ2v) is 7.29. The van der Waals surface area contributed by atoms with Crippen LogP contribution in [0.25, 0.3) is 0 Å². The van der Waals surface area contributed by atoms with Gasteiger partial charge in [-0.3, -0.25) is 0 Å². The Kier molecular flexibility index (Phi) is 3.85. The maximum Gasteiger partial charge on any atom is 0.0704 e. The van der Waals surface area contributed by atoms with Gasteiger partial charge in [-0.05, 0) is 57.9 Å². The van der Waals surface area contributed by atoms with E-state index in [1.54, 1.807) is 22.7 Å². The summed E-state index contributed by atoms with van der Waals surface area (Å²) >= 11 is 7.03. The van der Waals surface area contributed by atoms with E-state index in [9.17, 15) is 0 Å². The van der Waals surface area contributed by atoms with Gasteiger partial charge in [0, 0.05) is 9.75 Å². The maximum absolute atomic E-state index is 6.35. The van der Waals surface area contributed by atoms with Crippen LogP contribution >= 0.6 is 38.6 Å². The van der Waals surface area contributed by atoms with E-state index in [0.717, 1.165) is 10.2 Å². The number of thiophene rings is 2. The normalized spacial score (nSPS) is 13.0. The molecule has 1 unspecified atom stereocenters. The van der Waals surface area contributed by atoms with Crippen molar-refractivity contribution >= 4 is 38.6 Å². The predicted molar refractivity (Wildman–Crippen MR) is 76.5 cm³/mol. The lowest BCUT2D eigenvalue weighted by Crippen LogP contribution is -2.12. The maximum atomic E-state index is 6.35. The molecule has 2 N–H and O–H groups in total. The van der Waals surface area contributed by atoms with Crippen LogP contribution in [-0.2, 0) is 6.42 Å². The highest BCUT2D eigenvalue weighted by Crippen LogP contribution is 2.35. The van der Waals surface area contributed by atoms with E-state index in [2.05, 4.69) is 47.3 Å². The third-order valence-electron chi connectivity index (χ3n) is 2.71. The van der Waals surface area contributed by atoms with E-state index < -0.39 is 0 Å². The Hall–Kier alpha value is -0.160. The third kappa shape index (κ3) is 2.25. The molecule has 0 spiro atoms. The van der Waals surface area contributed by atoms with E-state index in [0.29, 0.717) is 0 Å². The monoisotopic (exact) mass is 315 g/mol. The Balaban J connectivity index is 2.38. The summed E-state index contributed by atoms with van der Waals surface area (Å²) in [6.07, 6.45) is 1.05. The average molecular weight is 316 g/mol. The standard InChI is InChI=1S/C12H14BrNS2/c1-3-8-4-5-15-12(8)11(14)9-6-10(13)16-7(9)2/h4-6,11H,3,14H2,1-2H3. The first-order chi connectivity index (χ1) is 7.63. The van der Waals surface area contributed by atoms with Crippen LogP contribution in [0.3, 0.4) is 0 Å². The molecule has 0 amide bonds. The minimum absolute atomic E-state index is 0.0255. The Morgan fingerprint density at radius 2 is 2.25 bits per heavy atom. The zero-order valence-electron chi connectivity index (χ0n) is 9.29. The van der Waals surface area contributed by atoms with Crippen molar-refractivity contribution in [2.75, 3.05) is 0 Å². The fraction of sp³-hybridized carbons (Fsp3) is 0.333. The van der Waals surface area contributed by atoms with Crippen molar-refractivity contribution in [3.63, 3.8) is 0 Å². The molecule has 1 nitrogen and oxygen atoms in total. The van der Waals surface area contributed by atoms with Crippen molar-refractivity contribution in [1.29, 1.82) is 0 Å². The van der Waals surface area contributed by atoms with Gasteiger partial charge in [0.05, 0.1) is 9.83 Å². The number of hydrogen-bond donors (Lipinski definition) is 1. The molecule has 16 heavy (non-hydrogen) atoms. The van der Waals surface area contributed by atoms with Gasteiger partial charge in [0.2, 0.25) is 0 Å². The van der Waals surface area contributed by atoms with E-state index >= 15 is 0 Å². The van der Waals surface area contributed by atoms with Crippen molar-refractivity contribution in [2.24, 2.45) is 5.73 Å². The summed E-state index contributed by atoms with van der Waals surface area (Å²) in [6, 6.07) is 4.35. The fourth-order valence-corrected chi connectivity index (χ4v) is 4.59. The molecule has 2 aromatic rings. The molecule has 0 aliphatic heterocycles. The van der Waals surface area contributed by atoms with Gasteiger partial charge in [-0.15, -0.1) is 22.7 Å². The summed E-state index contributed by atoms with van der Waals surface area (Å²) < 4.78 is 1.16. The largest absolute Gasteiger partial charge is 0.320 e. The van der Waals surface area contributed by atoms with Gasteiger partial charge in [0.25, 0.3) is 0 Å². The molecule has 2 rings (SSSR count). The van der Waals surface area contributed by atoms with Gasteiger partial charge in [-0.2, -0.15) is 0 Å². The van der Waals surface area contributed by atoms with Crippen molar-refractivity contribution < 1.29 is 0 Å². The lowest BCUT2D eigenvalue weighted by Gasteiger charge is -2.11. The van der Waals surface area contributed by atoms with E-state index in [1.165, 1.54) is 20.9 Å². The van der Waals surface area contributed by atoms with Crippen molar-refractivity contribution in [3.05, 3.63) is 42.2 Å². The van der Waals surface area contributed by atoms with Gasteiger partial charge >= 0.3 is 0 Å². The summed E-state index contributed by atoms with van der Waals surface area (Å²) in [5.74, 6) is 0. The molecule has 0 aliphatic rings. The highest BCUT2D eigenvalue weighted by atomic mass is 79.9. The summed E-state index contributed by atoms with van der Waals surface area (Å²) in [7, 11) is 0. The first-order valence-electron chi connectivity index (χ1n) is 5.21. The smallest absolute Gasteiger partial charge is 0.0704 e. The van der Waals surface area contributed by atoms with Crippen LogP contribution in [0.1, 0.15) is 33.8 Å². The topological polar surface area (TPSA) is 26.0 Å². The molecule has 86 valence electrons. The van der Waals surface area contributed by atoms with E-state index in [1.807, 2.05) is 0 Å². The van der Waals surface area contributed by atoms with Crippen LogP contribution in [0.2, 0.25) is 0 Å². The second-order valence-electron chi connectivity index (χ2n) is 3.70. The fourth-order valence-electron chi connectivity index (χ4n) is 1.82. The van der Waals surface area contributed by atoms with Gasteiger partial charge in [-0.25, -0.2) is 0 Å². The van der Waals surface area contributed by atoms with Gasteiger partial charge < -0.3 is 5.73 Å². The summed E-state index contributed by atoms with van der Waals surface area (Å²) in [5.41, 5.74) is 8.97. The van der Waals surface area contributed by atoms with Crippen LogP contribution in [0.4, 0.5) is 0 Å². The zero-order valence-corrected chi connectivity index (χ0v) is 12.5. The summed E-state index contributed by atoms with van der Waals surface area (Å²) in [4.78, 5) is 2.60. The lowest BCUT2D eigenvalue weighted by molar-refractivity contribution is 0.872. The molecule has 1 atom stereocenters. The molecule has 2 aromatic heterocycles. The highest BCUT2D eigenvalue weighted by Gasteiger charge is 2.17. The Morgan fingerprint density at radius 3 is 2.81 bits per heavy atom. The van der Waals surface area contributed by atoms with Gasteiger partial charge in [0.15, 0.2) is 0 Å². The van der Waals surface area contributed by atoms with E-state index in [-0.39, 0.29) is 6.04 Å². The Labute approximate surface area is 112 Å². The summed E-state index contributed by atoms with van der Waals surface area (Å²) in [6.45, 7) is 4.30. The first kappa shape index (κ1) is 12.3. The molecule has 0 fully saturated rings. The summed E-state index contributed by atoms with van der Waals surface area (Å²) in [5, 5.41) is 2.13. The molecule has 0 saturated carbocycles. The van der Waals surface area contributed by atoms with E-state index in [4.69, 9.17) is 5.73 Å². The van der Waals surface area contributed by atoms with Crippen molar-refractivity contribution in [2.45, 2.75) is 26.3 Å². The second kappa shape index (κ2) is 5.00. The van der Waals surface area contributed by atoms with Crippen molar-refractivity contribution in [1.82, 2.24) is 0 Å². The number of aryl methyl sites for hydroxylation is 2. The third-order valence-corrected chi connectivity index (χ3v) is 5.32. The molecule has 2 heterocycles. The number of hydrogen-bond acceptors (Lipinski definition) is 3. The molecule has 0 aliphatic carbocycles. The zero-order chi connectivity index (χ0) is 11.7. The predicted octanol–water partition coefficient (Wildman–Crippen LogP) is 4.49. The van der Waals surface area contributed by atoms with Crippen LogP contribution in [0, 0.1) is 6.92 Å².